The number of ether oxygens (including phenoxy) is 1. The van der Waals surface area contributed by atoms with Crippen LogP contribution >= 0.6 is 28.1 Å². The molecule has 2 nitrogen and oxygen atoms in total. The molecule has 0 heterocycles. The van der Waals surface area contributed by atoms with E-state index in [2.05, 4.69) is 22.9 Å². The molecule has 98 valence electrons. The van der Waals surface area contributed by atoms with E-state index >= 15 is 0 Å². The first-order chi connectivity index (χ1) is 8.58. The average Bonchev–Trinajstić information content (AvgIpc) is 2.32. The molecule has 0 saturated heterocycles. The molecule has 1 aromatic carbocycles. The summed E-state index contributed by atoms with van der Waals surface area (Å²) in [5.74, 6) is 1.40. The van der Waals surface area contributed by atoms with Gasteiger partial charge in [0.25, 0.3) is 0 Å². The molecule has 2 unspecified atom stereocenters. The molecular formula is C14H18BrNOS. The van der Waals surface area contributed by atoms with Gasteiger partial charge < -0.3 is 10.5 Å². The van der Waals surface area contributed by atoms with Crippen LogP contribution in [-0.4, -0.2) is 11.1 Å². The molecule has 1 aliphatic rings. The number of rotatable bonds is 3. The molecule has 0 aliphatic heterocycles. The molecule has 1 saturated carbocycles. The first-order valence-electron chi connectivity index (χ1n) is 6.34. The summed E-state index contributed by atoms with van der Waals surface area (Å²) < 4.78 is 7.13. The Hall–Kier alpha value is -0.610. The van der Waals surface area contributed by atoms with Crippen molar-refractivity contribution in [3.8, 4) is 5.75 Å². The molecule has 0 radical (unpaired) electrons. The molecule has 2 rings (SSSR count). The summed E-state index contributed by atoms with van der Waals surface area (Å²) in [6, 6.07) is 5.80. The van der Waals surface area contributed by atoms with Crippen LogP contribution in [0.4, 0.5) is 0 Å². The molecule has 1 aromatic rings. The van der Waals surface area contributed by atoms with Crippen LogP contribution in [0.2, 0.25) is 0 Å². The molecule has 0 bridgehead atoms. The van der Waals surface area contributed by atoms with Crippen LogP contribution in [0.1, 0.15) is 38.2 Å². The maximum atomic E-state index is 6.14. The van der Waals surface area contributed by atoms with Gasteiger partial charge in [-0.05, 0) is 43.4 Å². The lowest BCUT2D eigenvalue weighted by atomic mass is 9.88. The molecule has 4 heteroatoms. The summed E-state index contributed by atoms with van der Waals surface area (Å²) >= 11 is 8.53. The average molecular weight is 328 g/mol. The molecule has 0 spiro atoms. The lowest BCUT2D eigenvalue weighted by Gasteiger charge is -2.30. The Morgan fingerprint density at radius 1 is 1.39 bits per heavy atom. The molecule has 1 aliphatic carbocycles. The van der Waals surface area contributed by atoms with Gasteiger partial charge in [0.15, 0.2) is 0 Å². The standard InChI is InChI=1S/C14H18BrNOS/c1-9-4-2-3-5-12(9)17-13-8-10(15)6-7-11(13)14(16)18/h6-9,12H,2-5H2,1H3,(H2,16,18). The fourth-order valence-corrected chi connectivity index (χ4v) is 2.93. The fourth-order valence-electron chi connectivity index (χ4n) is 2.42. The summed E-state index contributed by atoms with van der Waals surface area (Å²) in [5, 5.41) is 0. The van der Waals surface area contributed by atoms with Crippen LogP contribution < -0.4 is 10.5 Å². The van der Waals surface area contributed by atoms with Crippen molar-refractivity contribution in [2.45, 2.75) is 38.7 Å². The topological polar surface area (TPSA) is 35.2 Å². The third kappa shape index (κ3) is 3.23. The number of hydrogen-bond donors (Lipinski definition) is 1. The van der Waals surface area contributed by atoms with Crippen LogP contribution in [0.25, 0.3) is 0 Å². The van der Waals surface area contributed by atoms with E-state index in [1.807, 2.05) is 18.2 Å². The maximum Gasteiger partial charge on any atom is 0.131 e. The number of hydrogen-bond acceptors (Lipinski definition) is 2. The molecule has 2 atom stereocenters. The second-order valence-electron chi connectivity index (χ2n) is 4.92. The Morgan fingerprint density at radius 3 is 2.78 bits per heavy atom. The number of nitrogens with two attached hydrogens (primary N) is 1. The van der Waals surface area contributed by atoms with Crippen LogP contribution in [-0.2, 0) is 0 Å². The summed E-state index contributed by atoms with van der Waals surface area (Å²) in [7, 11) is 0. The lowest BCUT2D eigenvalue weighted by molar-refractivity contribution is 0.102. The quantitative estimate of drug-likeness (QED) is 0.851. The third-order valence-corrected chi connectivity index (χ3v) is 4.23. The highest BCUT2D eigenvalue weighted by atomic mass is 79.9. The number of benzene rings is 1. The molecular weight excluding hydrogens is 310 g/mol. The molecule has 1 fully saturated rings. The van der Waals surface area contributed by atoms with Crippen molar-refractivity contribution < 1.29 is 4.74 Å². The Labute approximate surface area is 122 Å². The van der Waals surface area contributed by atoms with Gasteiger partial charge in [-0.1, -0.05) is 41.5 Å². The second-order valence-corrected chi connectivity index (χ2v) is 6.28. The zero-order chi connectivity index (χ0) is 13.1. The van der Waals surface area contributed by atoms with E-state index in [0.717, 1.165) is 22.2 Å². The summed E-state index contributed by atoms with van der Waals surface area (Å²) in [6.45, 7) is 2.25. The highest BCUT2D eigenvalue weighted by molar-refractivity contribution is 9.10. The predicted octanol–water partition coefficient (Wildman–Crippen LogP) is 4.04. The highest BCUT2D eigenvalue weighted by Gasteiger charge is 2.24. The third-order valence-electron chi connectivity index (χ3n) is 3.52. The first-order valence-corrected chi connectivity index (χ1v) is 7.54. The normalized spacial score (nSPS) is 23.7. The zero-order valence-corrected chi connectivity index (χ0v) is 12.9. The Balaban J connectivity index is 2.21. The van der Waals surface area contributed by atoms with Gasteiger partial charge in [0.1, 0.15) is 16.8 Å². The van der Waals surface area contributed by atoms with E-state index in [4.69, 9.17) is 22.7 Å². The molecule has 18 heavy (non-hydrogen) atoms. The van der Waals surface area contributed by atoms with Crippen LogP contribution in [0.5, 0.6) is 5.75 Å². The van der Waals surface area contributed by atoms with Crippen molar-refractivity contribution in [1.82, 2.24) is 0 Å². The summed E-state index contributed by atoms with van der Waals surface area (Å²) in [6.07, 6.45) is 5.18. The van der Waals surface area contributed by atoms with E-state index in [9.17, 15) is 0 Å². The maximum absolute atomic E-state index is 6.14. The minimum absolute atomic E-state index is 0.279. The van der Waals surface area contributed by atoms with Gasteiger partial charge in [0.05, 0.1) is 5.56 Å². The van der Waals surface area contributed by atoms with Gasteiger partial charge >= 0.3 is 0 Å². The van der Waals surface area contributed by atoms with E-state index in [-0.39, 0.29) is 6.10 Å². The van der Waals surface area contributed by atoms with Crippen molar-refractivity contribution in [2.75, 3.05) is 0 Å². The smallest absolute Gasteiger partial charge is 0.131 e. The minimum atomic E-state index is 0.279. The van der Waals surface area contributed by atoms with E-state index in [1.54, 1.807) is 0 Å². The number of halogens is 1. The largest absolute Gasteiger partial charge is 0.489 e. The lowest BCUT2D eigenvalue weighted by Crippen LogP contribution is -2.29. The van der Waals surface area contributed by atoms with Crippen LogP contribution in [0.15, 0.2) is 22.7 Å². The van der Waals surface area contributed by atoms with Crippen molar-refractivity contribution in [2.24, 2.45) is 11.7 Å². The van der Waals surface area contributed by atoms with E-state index in [1.165, 1.54) is 19.3 Å². The molecule has 0 amide bonds. The molecule has 0 aromatic heterocycles. The van der Waals surface area contributed by atoms with Gasteiger partial charge in [-0.2, -0.15) is 0 Å². The Morgan fingerprint density at radius 2 is 2.11 bits per heavy atom. The van der Waals surface area contributed by atoms with Gasteiger partial charge in [0, 0.05) is 4.47 Å². The van der Waals surface area contributed by atoms with Gasteiger partial charge in [-0.15, -0.1) is 0 Å². The monoisotopic (exact) mass is 327 g/mol. The summed E-state index contributed by atoms with van der Waals surface area (Å²) in [4.78, 5) is 0.390. The Kier molecular flexibility index (Phi) is 4.62. The van der Waals surface area contributed by atoms with Crippen molar-refractivity contribution in [3.05, 3.63) is 28.2 Å². The summed E-state index contributed by atoms with van der Waals surface area (Å²) in [5.41, 5.74) is 6.57. The van der Waals surface area contributed by atoms with Crippen molar-refractivity contribution in [3.63, 3.8) is 0 Å². The van der Waals surface area contributed by atoms with Crippen LogP contribution in [0, 0.1) is 5.92 Å². The van der Waals surface area contributed by atoms with Crippen LogP contribution in [0.3, 0.4) is 0 Å². The van der Waals surface area contributed by atoms with Crippen molar-refractivity contribution in [1.29, 1.82) is 0 Å². The SMILES string of the molecule is CC1CCCCC1Oc1cc(Br)ccc1C(N)=S. The number of thiocarbonyl (C=S) groups is 1. The van der Waals surface area contributed by atoms with Gasteiger partial charge in [-0.3, -0.25) is 0 Å². The minimum Gasteiger partial charge on any atom is -0.489 e. The zero-order valence-electron chi connectivity index (χ0n) is 10.5. The van der Waals surface area contributed by atoms with E-state index in [0.29, 0.717) is 10.9 Å². The first kappa shape index (κ1) is 13.8. The fraction of sp³-hybridized carbons (Fsp3) is 0.500. The highest BCUT2D eigenvalue weighted by Crippen LogP contribution is 2.31. The predicted molar refractivity (Wildman–Crippen MR) is 82.1 cm³/mol. The second kappa shape index (κ2) is 6.02. The Bertz CT molecular complexity index is 449. The van der Waals surface area contributed by atoms with E-state index < -0.39 is 0 Å². The van der Waals surface area contributed by atoms with Crippen molar-refractivity contribution >= 4 is 33.1 Å². The van der Waals surface area contributed by atoms with Gasteiger partial charge in [-0.25, -0.2) is 0 Å². The molecule has 2 N–H and O–H groups in total. The van der Waals surface area contributed by atoms with Gasteiger partial charge in [0.2, 0.25) is 0 Å².